The minimum absolute atomic E-state index is 0.925. The fraction of sp³-hybridized carbons (Fsp3) is 0. The summed E-state index contributed by atoms with van der Waals surface area (Å²) < 4.78 is 6.20. The zero-order valence-electron chi connectivity index (χ0n) is 25.6. The Morgan fingerprint density at radius 1 is 0.277 bits per heavy atom. The number of para-hydroxylation sites is 1. The van der Waals surface area contributed by atoms with Crippen molar-refractivity contribution in [3.8, 4) is 33.4 Å². The molecule has 0 amide bonds. The van der Waals surface area contributed by atoms with Crippen molar-refractivity contribution in [3.05, 3.63) is 170 Å². The van der Waals surface area contributed by atoms with E-state index >= 15 is 0 Å². The Kier molecular flexibility index (Phi) is 5.64. The molecule has 0 aliphatic heterocycles. The Hall–Kier alpha value is -6.18. The van der Waals surface area contributed by atoms with Crippen molar-refractivity contribution in [1.29, 1.82) is 0 Å². The normalized spacial score (nSPS) is 11.8. The first-order valence-corrected chi connectivity index (χ1v) is 16.2. The zero-order chi connectivity index (χ0) is 30.9. The molecule has 1 heterocycles. The van der Waals surface area contributed by atoms with Crippen LogP contribution in [-0.2, 0) is 0 Å². The van der Waals surface area contributed by atoms with Gasteiger partial charge in [0.05, 0.1) is 0 Å². The van der Waals surface area contributed by atoms with Crippen molar-refractivity contribution in [2.24, 2.45) is 0 Å². The summed E-state index contributed by atoms with van der Waals surface area (Å²) in [6, 6.07) is 61.7. The molecule has 218 valence electrons. The molecule has 0 N–H and O–H groups in total. The van der Waals surface area contributed by atoms with Gasteiger partial charge < -0.3 is 4.42 Å². The molecule has 0 aliphatic rings. The molecule has 1 nitrogen and oxygen atoms in total. The van der Waals surface area contributed by atoms with Gasteiger partial charge in [-0.2, -0.15) is 0 Å². The van der Waals surface area contributed by atoms with Crippen LogP contribution in [0.25, 0.3) is 98.4 Å². The van der Waals surface area contributed by atoms with E-state index in [9.17, 15) is 0 Å². The average molecular weight is 597 g/mol. The summed E-state index contributed by atoms with van der Waals surface area (Å²) in [4.78, 5) is 0. The molecular formula is C46H28O. The molecule has 0 fully saturated rings. The van der Waals surface area contributed by atoms with Crippen LogP contribution in [0.2, 0.25) is 0 Å². The summed E-state index contributed by atoms with van der Waals surface area (Å²) in [6.45, 7) is 0. The smallest absolute Gasteiger partial charge is 0.136 e. The summed E-state index contributed by atoms with van der Waals surface area (Å²) in [5.74, 6) is 0. The van der Waals surface area contributed by atoms with Gasteiger partial charge in [0.15, 0.2) is 0 Å². The van der Waals surface area contributed by atoms with Gasteiger partial charge in [0.25, 0.3) is 0 Å². The van der Waals surface area contributed by atoms with Crippen LogP contribution in [0.1, 0.15) is 0 Å². The van der Waals surface area contributed by atoms with Crippen LogP contribution >= 0.6 is 0 Å². The monoisotopic (exact) mass is 596 g/mol. The van der Waals surface area contributed by atoms with Crippen molar-refractivity contribution in [2.75, 3.05) is 0 Å². The highest BCUT2D eigenvalue weighted by Gasteiger charge is 2.18. The van der Waals surface area contributed by atoms with E-state index < -0.39 is 0 Å². The van der Waals surface area contributed by atoms with Crippen LogP contribution in [0.3, 0.4) is 0 Å². The standard InChI is InChI=1S/C46H28O/c1-2-12-29(13-3-1)45-37-17-6-8-19-39(37)46(40-20-9-7-18-38(40)45)34-25-31-14-4-5-15-35(31)41(27-34)32-23-22-30-28-44-42(26-33(30)24-32)36-16-10-11-21-43(36)47-44/h1-28H. The van der Waals surface area contributed by atoms with Crippen molar-refractivity contribution in [1.82, 2.24) is 0 Å². The van der Waals surface area contributed by atoms with Gasteiger partial charge in [-0.25, -0.2) is 0 Å². The SMILES string of the molecule is c1ccc(-c2c3ccccc3c(-c3cc(-c4ccc5cc6oc7ccccc7c6cc5c4)c4ccccc4c3)c3ccccc23)cc1. The van der Waals surface area contributed by atoms with E-state index in [4.69, 9.17) is 4.42 Å². The van der Waals surface area contributed by atoms with Crippen molar-refractivity contribution in [2.45, 2.75) is 0 Å². The van der Waals surface area contributed by atoms with Gasteiger partial charge in [-0.1, -0.05) is 133 Å². The van der Waals surface area contributed by atoms with Gasteiger partial charge in [0, 0.05) is 10.8 Å². The number of benzene rings is 9. The average Bonchev–Trinajstić information content (AvgIpc) is 3.49. The van der Waals surface area contributed by atoms with Crippen LogP contribution < -0.4 is 0 Å². The van der Waals surface area contributed by atoms with Crippen LogP contribution in [0.15, 0.2) is 174 Å². The highest BCUT2D eigenvalue weighted by molar-refractivity contribution is 6.22. The minimum atomic E-state index is 0.925. The lowest BCUT2D eigenvalue weighted by Crippen LogP contribution is -1.92. The molecule has 0 spiro atoms. The molecule has 1 heteroatoms. The maximum absolute atomic E-state index is 6.20. The van der Waals surface area contributed by atoms with Gasteiger partial charge in [0.1, 0.15) is 11.2 Å². The molecule has 0 aliphatic carbocycles. The predicted octanol–water partition coefficient (Wildman–Crippen LogP) is 13.2. The number of hydrogen-bond donors (Lipinski definition) is 0. The number of hydrogen-bond acceptors (Lipinski definition) is 1. The van der Waals surface area contributed by atoms with Gasteiger partial charge in [-0.3, -0.25) is 0 Å². The molecule has 47 heavy (non-hydrogen) atoms. The van der Waals surface area contributed by atoms with Gasteiger partial charge >= 0.3 is 0 Å². The third-order valence-electron chi connectivity index (χ3n) is 9.79. The fourth-order valence-corrected chi connectivity index (χ4v) is 7.68. The van der Waals surface area contributed by atoms with Crippen LogP contribution in [0.5, 0.6) is 0 Å². The maximum atomic E-state index is 6.20. The molecular weight excluding hydrogens is 569 g/mol. The van der Waals surface area contributed by atoms with Gasteiger partial charge in [0.2, 0.25) is 0 Å². The third kappa shape index (κ3) is 4.03. The van der Waals surface area contributed by atoms with Crippen molar-refractivity contribution in [3.63, 3.8) is 0 Å². The van der Waals surface area contributed by atoms with E-state index in [-0.39, 0.29) is 0 Å². The Morgan fingerprint density at radius 3 is 1.57 bits per heavy atom. The first-order chi connectivity index (χ1) is 23.3. The molecule has 0 radical (unpaired) electrons. The van der Waals surface area contributed by atoms with Crippen LogP contribution in [0.4, 0.5) is 0 Å². The molecule has 0 unspecified atom stereocenters. The van der Waals surface area contributed by atoms with Crippen molar-refractivity contribution < 1.29 is 4.42 Å². The molecule has 10 rings (SSSR count). The number of furan rings is 1. The predicted molar refractivity (Wildman–Crippen MR) is 200 cm³/mol. The molecule has 10 aromatic rings. The maximum Gasteiger partial charge on any atom is 0.136 e. The summed E-state index contributed by atoms with van der Waals surface area (Å²) in [6.07, 6.45) is 0. The second-order valence-corrected chi connectivity index (χ2v) is 12.5. The Balaban J connectivity index is 1.26. The lowest BCUT2D eigenvalue weighted by molar-refractivity contribution is 0.669. The van der Waals surface area contributed by atoms with Crippen LogP contribution in [0, 0.1) is 0 Å². The molecule has 0 bridgehead atoms. The molecule has 9 aromatic carbocycles. The Bertz CT molecular complexity index is 2780. The summed E-state index contributed by atoms with van der Waals surface area (Å²) in [7, 11) is 0. The molecule has 0 saturated carbocycles. The summed E-state index contributed by atoms with van der Waals surface area (Å²) in [5.41, 5.74) is 9.31. The van der Waals surface area contributed by atoms with Gasteiger partial charge in [-0.05, 0) is 113 Å². The van der Waals surface area contributed by atoms with E-state index in [2.05, 4.69) is 158 Å². The highest BCUT2D eigenvalue weighted by Crippen LogP contribution is 2.45. The number of fused-ring (bicyclic) bond motifs is 7. The fourth-order valence-electron chi connectivity index (χ4n) is 7.68. The van der Waals surface area contributed by atoms with Crippen LogP contribution in [-0.4, -0.2) is 0 Å². The number of rotatable bonds is 3. The summed E-state index contributed by atoms with van der Waals surface area (Å²) in [5, 5.41) is 12.2. The first-order valence-electron chi connectivity index (χ1n) is 16.2. The second kappa shape index (κ2) is 10.2. The first kappa shape index (κ1) is 26.1. The van der Waals surface area contributed by atoms with Crippen molar-refractivity contribution >= 4 is 65.0 Å². The Labute approximate surface area is 271 Å². The summed E-state index contributed by atoms with van der Waals surface area (Å²) >= 11 is 0. The lowest BCUT2D eigenvalue weighted by Gasteiger charge is -2.19. The lowest BCUT2D eigenvalue weighted by atomic mass is 9.84. The van der Waals surface area contributed by atoms with E-state index in [1.54, 1.807) is 0 Å². The third-order valence-corrected chi connectivity index (χ3v) is 9.79. The van der Waals surface area contributed by atoms with E-state index in [0.29, 0.717) is 0 Å². The molecule has 0 atom stereocenters. The largest absolute Gasteiger partial charge is 0.456 e. The highest BCUT2D eigenvalue weighted by atomic mass is 16.3. The van der Waals surface area contributed by atoms with E-state index in [1.807, 2.05) is 12.1 Å². The molecule has 0 saturated heterocycles. The second-order valence-electron chi connectivity index (χ2n) is 12.5. The zero-order valence-corrected chi connectivity index (χ0v) is 25.6. The Morgan fingerprint density at radius 2 is 0.851 bits per heavy atom. The molecule has 1 aromatic heterocycles. The topological polar surface area (TPSA) is 13.1 Å². The quantitative estimate of drug-likeness (QED) is 0.185. The van der Waals surface area contributed by atoms with E-state index in [0.717, 1.165) is 21.9 Å². The minimum Gasteiger partial charge on any atom is -0.456 e. The van der Waals surface area contributed by atoms with Gasteiger partial charge in [-0.15, -0.1) is 0 Å². The van der Waals surface area contributed by atoms with E-state index in [1.165, 1.54) is 76.5 Å².